The van der Waals surface area contributed by atoms with Crippen LogP contribution in [0.5, 0.6) is 5.75 Å². The normalized spacial score (nSPS) is 19.2. The molecule has 1 N–H and O–H groups in total. The minimum atomic E-state index is -4.18. The minimum Gasteiger partial charge on any atom is -0.497 e. The van der Waals surface area contributed by atoms with Gasteiger partial charge in [-0.25, -0.2) is 12.7 Å². The third-order valence-corrected chi connectivity index (χ3v) is 6.67. The molecule has 1 fully saturated rings. The molecule has 0 aliphatic carbocycles. The highest BCUT2D eigenvalue weighted by molar-refractivity contribution is 7.89. The average Bonchev–Trinajstić information content (AvgIpc) is 2.86. The summed E-state index contributed by atoms with van der Waals surface area (Å²) >= 11 is 0. The van der Waals surface area contributed by atoms with Gasteiger partial charge in [-0.1, -0.05) is 26.3 Å². The van der Waals surface area contributed by atoms with Gasteiger partial charge in [0.05, 0.1) is 18.6 Å². The van der Waals surface area contributed by atoms with Gasteiger partial charge in [0.1, 0.15) is 11.8 Å². The first-order valence-corrected chi connectivity index (χ1v) is 10.7. The first kappa shape index (κ1) is 21.4. The molecule has 1 aromatic carbocycles. The molecule has 1 heterocycles. The molecule has 0 spiro atoms. The fourth-order valence-electron chi connectivity index (χ4n) is 3.04. The van der Waals surface area contributed by atoms with Gasteiger partial charge >= 0.3 is 0 Å². The average molecular weight is 397 g/mol. The highest BCUT2D eigenvalue weighted by atomic mass is 32.2. The molecule has 0 saturated carbocycles. The lowest BCUT2D eigenvalue weighted by molar-refractivity contribution is -0.134. The number of sulfonamides is 1. The van der Waals surface area contributed by atoms with Gasteiger partial charge in [-0.05, 0) is 37.4 Å². The fraction of sp³-hybridized carbons (Fsp3) is 0.579. The highest BCUT2D eigenvalue weighted by Gasteiger charge is 2.39. The standard InChI is InChI=1S/C19H28N2O5S/c1-4-14(2)11-19(23)21(17-9-6-10-20-13-18(17)22)27(24,25)16-8-5-7-15(12-16)26-3/h5,7-8,12,14,17,20H,4,6,9-11,13H2,1-3H3/t14-,17?/m0/s1. The summed E-state index contributed by atoms with van der Waals surface area (Å²) in [6, 6.07) is 5.00. The van der Waals surface area contributed by atoms with Crippen LogP contribution < -0.4 is 10.1 Å². The lowest BCUT2D eigenvalue weighted by Gasteiger charge is -2.30. The summed E-state index contributed by atoms with van der Waals surface area (Å²) < 4.78 is 32.6. The molecule has 0 aromatic heterocycles. The lowest BCUT2D eigenvalue weighted by Crippen LogP contribution is -2.49. The molecular formula is C19H28N2O5S. The van der Waals surface area contributed by atoms with Crippen molar-refractivity contribution in [1.82, 2.24) is 9.62 Å². The van der Waals surface area contributed by atoms with E-state index in [-0.39, 0.29) is 29.6 Å². The molecule has 0 radical (unpaired) electrons. The van der Waals surface area contributed by atoms with Crippen molar-refractivity contribution < 1.29 is 22.7 Å². The third-order valence-electron chi connectivity index (χ3n) is 4.85. The number of Topliss-reactive ketones (excluding diaryl/α,β-unsaturated/α-hetero) is 1. The molecule has 1 aromatic rings. The van der Waals surface area contributed by atoms with E-state index in [1.807, 2.05) is 13.8 Å². The number of benzene rings is 1. The van der Waals surface area contributed by atoms with E-state index in [1.54, 1.807) is 12.1 Å². The number of nitrogens with one attached hydrogen (secondary N) is 1. The highest BCUT2D eigenvalue weighted by Crippen LogP contribution is 2.26. The number of nitrogens with zero attached hydrogens (tertiary/aromatic N) is 1. The molecular weight excluding hydrogens is 368 g/mol. The van der Waals surface area contributed by atoms with E-state index in [9.17, 15) is 18.0 Å². The summed E-state index contributed by atoms with van der Waals surface area (Å²) in [6.45, 7) is 4.52. The Balaban J connectivity index is 2.49. The third kappa shape index (κ3) is 5.07. The van der Waals surface area contributed by atoms with E-state index in [0.717, 1.165) is 10.7 Å². The zero-order valence-corrected chi connectivity index (χ0v) is 16.9. The number of ketones is 1. The molecule has 2 rings (SSSR count). The van der Waals surface area contributed by atoms with Crippen LogP contribution >= 0.6 is 0 Å². The van der Waals surface area contributed by atoms with Crippen molar-refractivity contribution in [3.05, 3.63) is 24.3 Å². The summed E-state index contributed by atoms with van der Waals surface area (Å²) in [5.41, 5.74) is 0. The van der Waals surface area contributed by atoms with Gasteiger partial charge in [-0.2, -0.15) is 0 Å². The topological polar surface area (TPSA) is 92.8 Å². The van der Waals surface area contributed by atoms with Crippen LogP contribution in [0.15, 0.2) is 29.2 Å². The summed E-state index contributed by atoms with van der Waals surface area (Å²) in [5, 5.41) is 2.98. The minimum absolute atomic E-state index is 0.0273. The Labute approximate surface area is 161 Å². The summed E-state index contributed by atoms with van der Waals surface area (Å²) in [4.78, 5) is 25.5. The molecule has 1 unspecified atom stereocenters. The largest absolute Gasteiger partial charge is 0.497 e. The van der Waals surface area contributed by atoms with Crippen molar-refractivity contribution in [3.63, 3.8) is 0 Å². The molecule has 2 atom stereocenters. The van der Waals surface area contributed by atoms with Gasteiger partial charge in [-0.3, -0.25) is 9.59 Å². The van der Waals surface area contributed by atoms with Crippen LogP contribution in [0.25, 0.3) is 0 Å². The van der Waals surface area contributed by atoms with Crippen molar-refractivity contribution in [2.45, 2.75) is 50.5 Å². The van der Waals surface area contributed by atoms with Crippen molar-refractivity contribution >= 4 is 21.7 Å². The van der Waals surface area contributed by atoms with Gasteiger partial charge in [0.15, 0.2) is 5.78 Å². The molecule has 0 bridgehead atoms. The smallest absolute Gasteiger partial charge is 0.267 e. The van der Waals surface area contributed by atoms with Crippen LogP contribution in [-0.4, -0.2) is 50.7 Å². The molecule has 1 aliphatic heterocycles. The number of carbonyl (C=O) groups is 2. The van der Waals surface area contributed by atoms with Crippen LogP contribution in [-0.2, 0) is 19.6 Å². The summed E-state index contributed by atoms with van der Waals surface area (Å²) in [7, 11) is -2.74. The molecule has 150 valence electrons. The van der Waals surface area contributed by atoms with Gasteiger partial charge in [0, 0.05) is 12.5 Å². The number of amides is 1. The number of hydrogen-bond donors (Lipinski definition) is 1. The van der Waals surface area contributed by atoms with E-state index in [4.69, 9.17) is 4.74 Å². The summed E-state index contributed by atoms with van der Waals surface area (Å²) in [5.74, 6) is -0.414. The lowest BCUT2D eigenvalue weighted by atomic mass is 10.0. The van der Waals surface area contributed by atoms with Gasteiger partial charge in [0.2, 0.25) is 5.91 Å². The van der Waals surface area contributed by atoms with Crippen molar-refractivity contribution in [2.24, 2.45) is 5.92 Å². The number of methoxy groups -OCH3 is 1. The first-order chi connectivity index (χ1) is 12.8. The SMILES string of the molecule is CC[C@H](C)CC(=O)N(C1CCCNCC1=O)S(=O)(=O)c1cccc(OC)c1. The zero-order valence-electron chi connectivity index (χ0n) is 16.1. The Morgan fingerprint density at radius 3 is 2.81 bits per heavy atom. The van der Waals surface area contributed by atoms with E-state index < -0.39 is 22.0 Å². The van der Waals surface area contributed by atoms with Gasteiger partial charge in [-0.15, -0.1) is 0 Å². The van der Waals surface area contributed by atoms with Gasteiger partial charge < -0.3 is 10.1 Å². The van der Waals surface area contributed by atoms with E-state index in [1.165, 1.54) is 19.2 Å². The maximum absolute atomic E-state index is 13.3. The number of rotatable bonds is 7. The Morgan fingerprint density at radius 1 is 1.41 bits per heavy atom. The molecule has 27 heavy (non-hydrogen) atoms. The summed E-state index contributed by atoms with van der Waals surface area (Å²) in [6.07, 6.45) is 1.77. The van der Waals surface area contributed by atoms with E-state index in [0.29, 0.717) is 25.1 Å². The zero-order chi connectivity index (χ0) is 20.0. The predicted octanol–water partition coefficient (Wildman–Crippen LogP) is 1.97. The number of carbonyl (C=O) groups excluding carboxylic acids is 2. The van der Waals surface area contributed by atoms with Crippen LogP contribution in [0.3, 0.4) is 0 Å². The van der Waals surface area contributed by atoms with E-state index in [2.05, 4.69) is 5.32 Å². The first-order valence-electron chi connectivity index (χ1n) is 9.26. The van der Waals surface area contributed by atoms with Crippen molar-refractivity contribution in [2.75, 3.05) is 20.2 Å². The molecule has 1 saturated heterocycles. The molecule has 7 nitrogen and oxygen atoms in total. The van der Waals surface area contributed by atoms with Crippen molar-refractivity contribution in [3.8, 4) is 5.75 Å². The quantitative estimate of drug-likeness (QED) is 0.757. The Bertz CT molecular complexity index is 778. The van der Waals surface area contributed by atoms with Crippen LogP contribution in [0.4, 0.5) is 0 Å². The van der Waals surface area contributed by atoms with Crippen molar-refractivity contribution in [1.29, 1.82) is 0 Å². The predicted molar refractivity (Wildman–Crippen MR) is 102 cm³/mol. The monoisotopic (exact) mass is 396 g/mol. The second-order valence-corrected chi connectivity index (χ2v) is 8.71. The Hall–Kier alpha value is -1.93. The maximum Gasteiger partial charge on any atom is 0.267 e. The molecule has 8 heteroatoms. The fourth-order valence-corrected chi connectivity index (χ4v) is 4.69. The second-order valence-electron chi connectivity index (χ2n) is 6.89. The maximum atomic E-state index is 13.3. The van der Waals surface area contributed by atoms with Crippen LogP contribution in [0, 0.1) is 5.92 Å². The molecule has 1 amide bonds. The number of ether oxygens (including phenoxy) is 1. The van der Waals surface area contributed by atoms with Crippen LogP contribution in [0.1, 0.15) is 39.5 Å². The number of hydrogen-bond acceptors (Lipinski definition) is 6. The molecule has 1 aliphatic rings. The van der Waals surface area contributed by atoms with Crippen LogP contribution in [0.2, 0.25) is 0 Å². The van der Waals surface area contributed by atoms with E-state index >= 15 is 0 Å². The Kier molecular flexibility index (Phi) is 7.38. The van der Waals surface area contributed by atoms with Gasteiger partial charge in [0.25, 0.3) is 10.0 Å². The Morgan fingerprint density at radius 2 is 2.15 bits per heavy atom. The second kappa shape index (κ2) is 9.32.